The minimum absolute atomic E-state index is 0.0221. The molecule has 0 amide bonds. The number of benzene rings is 2. The highest BCUT2D eigenvalue weighted by atomic mass is 32.2. The number of rotatable bonds is 2. The van der Waals surface area contributed by atoms with Crippen LogP contribution in [0.3, 0.4) is 0 Å². The summed E-state index contributed by atoms with van der Waals surface area (Å²) in [5, 5.41) is 0. The fourth-order valence-corrected chi connectivity index (χ4v) is 3.83. The number of nitrogens with one attached hydrogen (secondary N) is 2. The Kier molecular flexibility index (Phi) is 2.87. The lowest BCUT2D eigenvalue weighted by Crippen LogP contribution is -2.07. The van der Waals surface area contributed by atoms with Crippen LogP contribution >= 0.6 is 0 Å². The molecule has 1 aromatic heterocycles. The number of H-pyrrole nitrogens is 2. The second-order valence-electron chi connectivity index (χ2n) is 4.80. The summed E-state index contributed by atoms with van der Waals surface area (Å²) in [7, 11) is -3.81. The molecule has 4 N–H and O–H groups in total. The van der Waals surface area contributed by atoms with Crippen molar-refractivity contribution in [1.82, 2.24) is 9.97 Å². The quantitative estimate of drug-likeness (QED) is 0.624. The molecule has 0 fully saturated rings. The van der Waals surface area contributed by atoms with Crippen molar-refractivity contribution in [2.75, 3.05) is 5.73 Å². The summed E-state index contributed by atoms with van der Waals surface area (Å²) in [6.07, 6.45) is 0. The highest BCUT2D eigenvalue weighted by Gasteiger charge is 2.23. The molecule has 3 aromatic rings. The Labute approximate surface area is 120 Å². The van der Waals surface area contributed by atoms with Crippen LogP contribution in [-0.2, 0) is 9.84 Å². The summed E-state index contributed by atoms with van der Waals surface area (Å²) in [6.45, 7) is 1.83. The predicted molar refractivity (Wildman–Crippen MR) is 80.0 cm³/mol. The predicted octanol–water partition coefficient (Wildman–Crippen LogP) is 1.58. The van der Waals surface area contributed by atoms with E-state index in [1.165, 1.54) is 12.1 Å². The maximum Gasteiger partial charge on any atom is 0.323 e. The van der Waals surface area contributed by atoms with Crippen LogP contribution in [0.4, 0.5) is 5.69 Å². The highest BCUT2D eigenvalue weighted by Crippen LogP contribution is 2.29. The normalized spacial score (nSPS) is 11.9. The standard InChI is InChI=1S/C14H13N3O3S/c1-8-5-6-11(9(15)7-8)21(19,20)12-4-2-3-10-13(12)17-14(18)16-10/h2-7H,15H2,1H3,(H2,16,17,18). The van der Waals surface area contributed by atoms with Crippen LogP contribution in [0.5, 0.6) is 0 Å². The second-order valence-corrected chi connectivity index (χ2v) is 6.69. The molecule has 0 saturated carbocycles. The second kappa shape index (κ2) is 4.49. The van der Waals surface area contributed by atoms with Crippen LogP contribution in [0.2, 0.25) is 0 Å². The molecule has 0 unspecified atom stereocenters. The zero-order valence-electron chi connectivity index (χ0n) is 11.2. The minimum atomic E-state index is -3.81. The largest absolute Gasteiger partial charge is 0.398 e. The third-order valence-corrected chi connectivity index (χ3v) is 5.13. The average molecular weight is 303 g/mol. The monoisotopic (exact) mass is 303 g/mol. The zero-order chi connectivity index (χ0) is 15.2. The van der Waals surface area contributed by atoms with Crippen molar-refractivity contribution in [3.63, 3.8) is 0 Å². The maximum absolute atomic E-state index is 12.8. The summed E-state index contributed by atoms with van der Waals surface area (Å²) in [4.78, 5) is 16.5. The van der Waals surface area contributed by atoms with Gasteiger partial charge in [0.15, 0.2) is 0 Å². The Morgan fingerprint density at radius 1 is 1.05 bits per heavy atom. The van der Waals surface area contributed by atoms with E-state index in [0.29, 0.717) is 5.52 Å². The fourth-order valence-electron chi connectivity index (χ4n) is 2.29. The van der Waals surface area contributed by atoms with E-state index in [4.69, 9.17) is 5.73 Å². The number of nitrogen functional groups attached to an aromatic ring is 1. The molecule has 0 radical (unpaired) electrons. The molecule has 2 aromatic carbocycles. The Morgan fingerprint density at radius 3 is 2.52 bits per heavy atom. The molecular weight excluding hydrogens is 290 g/mol. The lowest BCUT2D eigenvalue weighted by Gasteiger charge is -2.09. The van der Waals surface area contributed by atoms with E-state index >= 15 is 0 Å². The molecule has 6 nitrogen and oxygen atoms in total. The van der Waals surface area contributed by atoms with E-state index in [9.17, 15) is 13.2 Å². The third-order valence-electron chi connectivity index (χ3n) is 3.26. The van der Waals surface area contributed by atoms with Crippen LogP contribution in [0.25, 0.3) is 11.0 Å². The molecule has 0 bridgehead atoms. The average Bonchev–Trinajstić information content (AvgIpc) is 2.77. The van der Waals surface area contributed by atoms with E-state index in [1.807, 2.05) is 6.92 Å². The van der Waals surface area contributed by atoms with Gasteiger partial charge in [-0.1, -0.05) is 12.1 Å². The van der Waals surface area contributed by atoms with Gasteiger partial charge in [0.1, 0.15) is 0 Å². The molecule has 0 saturated heterocycles. The number of para-hydroxylation sites is 1. The number of nitrogens with two attached hydrogens (primary N) is 1. The van der Waals surface area contributed by atoms with Gasteiger partial charge in [0.2, 0.25) is 9.84 Å². The van der Waals surface area contributed by atoms with E-state index in [0.717, 1.165) is 5.56 Å². The van der Waals surface area contributed by atoms with Gasteiger partial charge in [-0.05, 0) is 36.8 Å². The van der Waals surface area contributed by atoms with Crippen molar-refractivity contribution in [1.29, 1.82) is 0 Å². The van der Waals surface area contributed by atoms with E-state index in [1.54, 1.807) is 24.3 Å². The van der Waals surface area contributed by atoms with Crippen molar-refractivity contribution < 1.29 is 8.42 Å². The molecule has 0 aliphatic rings. The van der Waals surface area contributed by atoms with Crippen molar-refractivity contribution in [3.05, 3.63) is 52.4 Å². The molecule has 0 aliphatic heterocycles. The molecule has 7 heteroatoms. The smallest absolute Gasteiger partial charge is 0.323 e. The first kappa shape index (κ1) is 13.4. The number of fused-ring (bicyclic) bond motifs is 1. The number of aromatic nitrogens is 2. The Bertz CT molecular complexity index is 1000. The Hall–Kier alpha value is -2.54. The first-order chi connectivity index (χ1) is 9.89. The number of sulfone groups is 1. The summed E-state index contributed by atoms with van der Waals surface area (Å²) in [5.74, 6) is 0. The molecule has 0 atom stereocenters. The summed E-state index contributed by atoms with van der Waals surface area (Å²) in [5.41, 5.74) is 7.13. The van der Waals surface area contributed by atoms with Gasteiger partial charge in [-0.2, -0.15) is 0 Å². The van der Waals surface area contributed by atoms with Crippen LogP contribution < -0.4 is 11.4 Å². The summed E-state index contributed by atoms with van der Waals surface area (Å²) >= 11 is 0. The number of aromatic amines is 2. The number of hydrogen-bond donors (Lipinski definition) is 3. The molecule has 3 rings (SSSR count). The van der Waals surface area contributed by atoms with Gasteiger partial charge >= 0.3 is 5.69 Å². The van der Waals surface area contributed by atoms with Gasteiger partial charge in [0.05, 0.1) is 26.5 Å². The maximum atomic E-state index is 12.8. The van der Waals surface area contributed by atoms with Crippen molar-refractivity contribution in [2.24, 2.45) is 0 Å². The Balaban J connectivity index is 2.32. The van der Waals surface area contributed by atoms with Crippen LogP contribution in [-0.4, -0.2) is 18.4 Å². The molecular formula is C14H13N3O3S. The van der Waals surface area contributed by atoms with Gasteiger partial charge in [-0.25, -0.2) is 13.2 Å². The van der Waals surface area contributed by atoms with Crippen LogP contribution in [0, 0.1) is 6.92 Å². The van der Waals surface area contributed by atoms with Gasteiger partial charge in [-0.3, -0.25) is 0 Å². The van der Waals surface area contributed by atoms with E-state index in [2.05, 4.69) is 9.97 Å². The molecule has 21 heavy (non-hydrogen) atoms. The topological polar surface area (TPSA) is 109 Å². The zero-order valence-corrected chi connectivity index (χ0v) is 12.0. The fraction of sp³-hybridized carbons (Fsp3) is 0.0714. The molecule has 108 valence electrons. The number of imidazole rings is 1. The van der Waals surface area contributed by atoms with E-state index in [-0.39, 0.29) is 21.0 Å². The number of aryl methyl sites for hydroxylation is 1. The van der Waals surface area contributed by atoms with Gasteiger partial charge in [0, 0.05) is 0 Å². The number of anilines is 1. The number of hydrogen-bond acceptors (Lipinski definition) is 4. The van der Waals surface area contributed by atoms with Gasteiger partial charge in [0.25, 0.3) is 0 Å². The first-order valence-electron chi connectivity index (χ1n) is 6.22. The lowest BCUT2D eigenvalue weighted by atomic mass is 10.2. The Morgan fingerprint density at radius 2 is 1.81 bits per heavy atom. The molecule has 1 heterocycles. The van der Waals surface area contributed by atoms with Crippen molar-refractivity contribution in [2.45, 2.75) is 16.7 Å². The SMILES string of the molecule is Cc1ccc(S(=O)(=O)c2cccc3[nH]c(=O)[nH]c23)c(N)c1. The van der Waals surface area contributed by atoms with E-state index < -0.39 is 15.5 Å². The molecule has 0 aliphatic carbocycles. The van der Waals surface area contributed by atoms with Gasteiger partial charge < -0.3 is 15.7 Å². The molecule has 0 spiro atoms. The van der Waals surface area contributed by atoms with Crippen molar-refractivity contribution >= 4 is 26.6 Å². The lowest BCUT2D eigenvalue weighted by molar-refractivity contribution is 0.597. The van der Waals surface area contributed by atoms with Crippen molar-refractivity contribution in [3.8, 4) is 0 Å². The summed E-state index contributed by atoms with van der Waals surface area (Å²) < 4.78 is 25.5. The minimum Gasteiger partial charge on any atom is -0.398 e. The first-order valence-corrected chi connectivity index (χ1v) is 7.70. The van der Waals surface area contributed by atoms with Crippen LogP contribution in [0.15, 0.2) is 51.0 Å². The summed E-state index contributed by atoms with van der Waals surface area (Å²) in [6, 6.07) is 9.41. The third kappa shape index (κ3) is 2.11. The van der Waals surface area contributed by atoms with Gasteiger partial charge in [-0.15, -0.1) is 0 Å². The van der Waals surface area contributed by atoms with Crippen LogP contribution in [0.1, 0.15) is 5.56 Å². The highest BCUT2D eigenvalue weighted by molar-refractivity contribution is 7.91.